The zero-order valence-electron chi connectivity index (χ0n) is 20.0. The van der Waals surface area contributed by atoms with Gasteiger partial charge >= 0.3 is 5.76 Å². The molecule has 0 radical (unpaired) electrons. The van der Waals surface area contributed by atoms with Gasteiger partial charge in [-0.3, -0.25) is 9.36 Å². The fourth-order valence-electron chi connectivity index (χ4n) is 4.53. The van der Waals surface area contributed by atoms with Gasteiger partial charge in [-0.05, 0) is 61.3 Å². The molecule has 2 aromatic carbocycles. The molecule has 3 aromatic rings. The first-order valence-electron chi connectivity index (χ1n) is 11.7. The Kier molecular flexibility index (Phi) is 8.03. The number of aromatic nitrogens is 1. The molecule has 0 bridgehead atoms. The van der Waals surface area contributed by atoms with Gasteiger partial charge in [0.2, 0.25) is 15.9 Å². The summed E-state index contributed by atoms with van der Waals surface area (Å²) in [6.07, 6.45) is 5.10. The van der Waals surface area contributed by atoms with Crippen LogP contribution in [0.15, 0.2) is 62.6 Å². The zero-order valence-corrected chi connectivity index (χ0v) is 21.6. The second-order valence-corrected chi connectivity index (χ2v) is 11.7. The monoisotopic (exact) mass is 517 g/mol. The summed E-state index contributed by atoms with van der Waals surface area (Å²) in [5.41, 5.74) is 1.99. The Morgan fingerprint density at radius 2 is 1.89 bits per heavy atom. The molecule has 1 aliphatic heterocycles. The van der Waals surface area contributed by atoms with Crippen LogP contribution in [-0.2, 0) is 28.3 Å². The second-order valence-electron chi connectivity index (χ2n) is 8.97. The van der Waals surface area contributed by atoms with Crippen molar-refractivity contribution < 1.29 is 17.6 Å². The number of fused-ring (bicyclic) bond motifs is 1. The first-order valence-corrected chi connectivity index (χ1v) is 14.6. The van der Waals surface area contributed by atoms with Crippen LogP contribution < -0.4 is 10.5 Å². The molecule has 0 aliphatic carbocycles. The van der Waals surface area contributed by atoms with Crippen LogP contribution >= 0.6 is 11.8 Å². The molecule has 1 atom stereocenters. The van der Waals surface area contributed by atoms with E-state index in [1.807, 2.05) is 24.5 Å². The number of benzene rings is 2. The molecule has 1 fully saturated rings. The number of nitrogens with one attached hydrogen (secondary N) is 1. The maximum absolute atomic E-state index is 13.4. The topological polar surface area (TPSA) is 102 Å². The van der Waals surface area contributed by atoms with E-state index in [-0.39, 0.29) is 16.4 Å². The molecule has 0 spiro atoms. The highest BCUT2D eigenvalue weighted by atomic mass is 32.2. The van der Waals surface area contributed by atoms with Gasteiger partial charge in [0.1, 0.15) is 6.04 Å². The third-order valence-corrected chi connectivity index (χ3v) is 8.69. The Bertz CT molecular complexity index is 1330. The van der Waals surface area contributed by atoms with Crippen molar-refractivity contribution in [2.24, 2.45) is 13.0 Å². The van der Waals surface area contributed by atoms with E-state index in [9.17, 15) is 18.0 Å². The van der Waals surface area contributed by atoms with Crippen LogP contribution in [0.1, 0.15) is 24.8 Å². The van der Waals surface area contributed by atoms with Crippen LogP contribution in [0, 0.1) is 5.92 Å². The molecule has 8 nitrogen and oxygen atoms in total. The van der Waals surface area contributed by atoms with E-state index in [1.54, 1.807) is 23.7 Å². The molecule has 1 amide bonds. The van der Waals surface area contributed by atoms with E-state index < -0.39 is 21.8 Å². The minimum atomic E-state index is -4.00. The Hall–Kier alpha value is -2.56. The predicted molar refractivity (Wildman–Crippen MR) is 138 cm³/mol. The van der Waals surface area contributed by atoms with Crippen LogP contribution in [0.4, 0.5) is 0 Å². The Morgan fingerprint density at radius 3 is 2.57 bits per heavy atom. The minimum Gasteiger partial charge on any atom is -0.408 e. The molecule has 1 aromatic heterocycles. The minimum absolute atomic E-state index is 0.0390. The molecule has 1 N–H and O–H groups in total. The van der Waals surface area contributed by atoms with Gasteiger partial charge in [0.25, 0.3) is 0 Å². The summed E-state index contributed by atoms with van der Waals surface area (Å²) in [7, 11) is -2.44. The fraction of sp³-hybridized carbons (Fsp3) is 0.440. The van der Waals surface area contributed by atoms with Gasteiger partial charge in [0.15, 0.2) is 5.58 Å². The Morgan fingerprint density at radius 1 is 1.17 bits per heavy atom. The highest BCUT2D eigenvalue weighted by Crippen LogP contribution is 2.23. The first kappa shape index (κ1) is 25.5. The number of hydrogen-bond acceptors (Lipinski definition) is 6. The highest BCUT2D eigenvalue weighted by molar-refractivity contribution is 7.98. The molecule has 4 rings (SSSR count). The summed E-state index contributed by atoms with van der Waals surface area (Å²) in [5, 5.41) is 0. The second kappa shape index (κ2) is 11.0. The van der Waals surface area contributed by atoms with Crippen LogP contribution in [0.25, 0.3) is 11.1 Å². The molecule has 35 heavy (non-hydrogen) atoms. The number of sulfonamides is 1. The fourth-order valence-corrected chi connectivity index (χ4v) is 6.24. The first-order chi connectivity index (χ1) is 16.8. The van der Waals surface area contributed by atoms with Gasteiger partial charge in [-0.15, -0.1) is 0 Å². The van der Waals surface area contributed by atoms with Crippen LogP contribution in [-0.4, -0.2) is 54.9 Å². The molecule has 1 aliphatic rings. The van der Waals surface area contributed by atoms with Gasteiger partial charge < -0.3 is 9.32 Å². The van der Waals surface area contributed by atoms with Gasteiger partial charge in [0, 0.05) is 26.2 Å². The molecule has 1 saturated heterocycles. The van der Waals surface area contributed by atoms with Crippen molar-refractivity contribution in [1.82, 2.24) is 14.2 Å². The van der Waals surface area contributed by atoms with E-state index in [2.05, 4.69) is 16.9 Å². The number of thioether (sulfide) groups is 1. The Balaban J connectivity index is 1.44. The lowest BCUT2D eigenvalue weighted by molar-refractivity contribution is -0.134. The molecular weight excluding hydrogens is 486 g/mol. The summed E-state index contributed by atoms with van der Waals surface area (Å²) >= 11 is 1.57. The predicted octanol–water partition coefficient (Wildman–Crippen LogP) is 3.01. The van der Waals surface area contributed by atoms with Crippen molar-refractivity contribution in [2.75, 3.05) is 25.1 Å². The number of piperidine rings is 1. The maximum Gasteiger partial charge on any atom is 0.419 e. The van der Waals surface area contributed by atoms with Crippen molar-refractivity contribution in [3.05, 3.63) is 64.6 Å². The third-order valence-electron chi connectivity index (χ3n) is 6.57. The van der Waals surface area contributed by atoms with E-state index in [0.29, 0.717) is 36.7 Å². The lowest BCUT2D eigenvalue weighted by Crippen LogP contribution is -2.51. The molecule has 0 unspecified atom stereocenters. The molecule has 188 valence electrons. The number of oxazole rings is 1. The number of carbonyl (C=O) groups is 1. The van der Waals surface area contributed by atoms with E-state index in [4.69, 9.17) is 4.42 Å². The lowest BCUT2D eigenvalue weighted by Gasteiger charge is -2.34. The van der Waals surface area contributed by atoms with Crippen LogP contribution in [0.5, 0.6) is 0 Å². The van der Waals surface area contributed by atoms with Crippen molar-refractivity contribution in [3.8, 4) is 0 Å². The van der Waals surface area contributed by atoms with Crippen molar-refractivity contribution >= 4 is 38.8 Å². The SMILES string of the molecule is CSCC[C@H](NS(=O)(=O)c1ccc2c(c1)oc(=O)n2C)C(=O)N1CCC(Cc2ccccc2)CC1. The number of nitrogens with zero attached hydrogens (tertiary/aromatic N) is 2. The van der Waals surface area contributed by atoms with E-state index >= 15 is 0 Å². The Labute approximate surface area is 209 Å². The summed E-state index contributed by atoms with van der Waals surface area (Å²) in [4.78, 5) is 26.9. The number of likely N-dealkylation sites (tertiary alicyclic amines) is 1. The van der Waals surface area contributed by atoms with Gasteiger partial charge in [-0.25, -0.2) is 13.2 Å². The molecule has 2 heterocycles. The van der Waals surface area contributed by atoms with Gasteiger partial charge in [-0.2, -0.15) is 16.5 Å². The third kappa shape index (κ3) is 5.99. The quantitative estimate of drug-likeness (QED) is 0.468. The normalized spacial score (nSPS) is 16.0. The number of amides is 1. The lowest BCUT2D eigenvalue weighted by atomic mass is 9.90. The summed E-state index contributed by atoms with van der Waals surface area (Å²) in [5.74, 6) is 0.407. The summed E-state index contributed by atoms with van der Waals surface area (Å²) in [6, 6.07) is 13.8. The molecule has 0 saturated carbocycles. The van der Waals surface area contributed by atoms with Gasteiger partial charge in [0.05, 0.1) is 10.4 Å². The molecule has 10 heteroatoms. The van der Waals surface area contributed by atoms with E-state index in [0.717, 1.165) is 19.3 Å². The number of carbonyl (C=O) groups excluding carboxylic acids is 1. The number of hydrogen-bond donors (Lipinski definition) is 1. The van der Waals surface area contributed by atoms with Crippen molar-refractivity contribution in [2.45, 2.75) is 36.6 Å². The standard InChI is InChI=1S/C25H31N3O5S2/c1-27-22-9-8-20(17-23(22)33-25(27)30)35(31,32)26-21(12-15-34-2)24(29)28-13-10-19(11-14-28)16-18-6-4-3-5-7-18/h3-9,17,19,21,26H,10-16H2,1-2H3/t21-/m0/s1. The highest BCUT2D eigenvalue weighted by Gasteiger charge is 2.31. The smallest absolute Gasteiger partial charge is 0.408 e. The van der Waals surface area contributed by atoms with Crippen molar-refractivity contribution in [3.63, 3.8) is 0 Å². The average molecular weight is 518 g/mol. The van der Waals surface area contributed by atoms with E-state index in [1.165, 1.54) is 28.3 Å². The van der Waals surface area contributed by atoms with Gasteiger partial charge in [-0.1, -0.05) is 30.3 Å². The largest absolute Gasteiger partial charge is 0.419 e. The summed E-state index contributed by atoms with van der Waals surface area (Å²) < 4.78 is 35.4. The maximum atomic E-state index is 13.4. The zero-order chi connectivity index (χ0) is 25.0. The molecular formula is C25H31N3O5S2. The van der Waals surface area contributed by atoms with Crippen molar-refractivity contribution in [1.29, 1.82) is 0 Å². The summed E-state index contributed by atoms with van der Waals surface area (Å²) in [6.45, 7) is 1.24. The number of aryl methyl sites for hydroxylation is 1. The average Bonchev–Trinajstić information content (AvgIpc) is 3.15. The van der Waals surface area contributed by atoms with Crippen LogP contribution in [0.3, 0.4) is 0 Å². The van der Waals surface area contributed by atoms with Crippen LogP contribution in [0.2, 0.25) is 0 Å². The number of rotatable bonds is 9.